The molecule has 0 spiro atoms. The van der Waals surface area contributed by atoms with E-state index in [1.54, 1.807) is 37.4 Å². The molecule has 196 valence electrons. The number of benzene rings is 1. The first-order valence-corrected chi connectivity index (χ1v) is 12.4. The number of aliphatic hydroxyl groups excluding tert-OH is 1. The summed E-state index contributed by atoms with van der Waals surface area (Å²) in [6.07, 6.45) is -1.53. The van der Waals surface area contributed by atoms with Crippen molar-refractivity contribution in [2.75, 3.05) is 31.8 Å². The Kier molecular flexibility index (Phi) is 8.59. The van der Waals surface area contributed by atoms with Crippen LogP contribution in [0.1, 0.15) is 13.8 Å². The van der Waals surface area contributed by atoms with Gasteiger partial charge in [0.2, 0.25) is 11.7 Å². The molecule has 5 N–H and O–H groups in total. The molecule has 3 aromatic rings. The van der Waals surface area contributed by atoms with Gasteiger partial charge < -0.3 is 30.2 Å². The Morgan fingerprint density at radius 2 is 2.03 bits per heavy atom. The number of anilines is 2. The Morgan fingerprint density at radius 1 is 1.33 bits per heavy atom. The first-order valence-electron chi connectivity index (χ1n) is 10.9. The lowest BCUT2D eigenvalue weighted by Gasteiger charge is -2.33. The van der Waals surface area contributed by atoms with Gasteiger partial charge in [0.15, 0.2) is 17.0 Å². The van der Waals surface area contributed by atoms with E-state index in [0.29, 0.717) is 6.29 Å². The zero-order chi connectivity index (χ0) is 26.5. The number of aromatic nitrogens is 4. The topological polar surface area (TPSA) is 176 Å². The first kappa shape index (κ1) is 27.4. The van der Waals surface area contributed by atoms with Gasteiger partial charge in [-0.1, -0.05) is 18.2 Å². The summed E-state index contributed by atoms with van der Waals surface area (Å²) in [6.45, 7) is 1.98. The molecule has 15 heteroatoms. The van der Waals surface area contributed by atoms with Crippen LogP contribution in [0.2, 0.25) is 0 Å². The number of ether oxygens (including phenoxy) is 1. The number of nitrogens with zero attached hydrogens (tertiary/aromatic N) is 4. The van der Waals surface area contributed by atoms with Gasteiger partial charge in [0.1, 0.15) is 24.2 Å². The van der Waals surface area contributed by atoms with Crippen LogP contribution in [-0.2, 0) is 24.4 Å². The number of nitrogens with one attached hydrogen (secondary N) is 2. The number of fused-ring (bicyclic) bond motifs is 1. The zero-order valence-electron chi connectivity index (χ0n) is 20.2. The van der Waals surface area contributed by atoms with Crippen LogP contribution in [0.4, 0.5) is 16.2 Å². The van der Waals surface area contributed by atoms with Crippen molar-refractivity contribution in [3.63, 3.8) is 0 Å². The van der Waals surface area contributed by atoms with E-state index in [-0.39, 0.29) is 28.7 Å². The number of nitrogens with two attached hydrogens (primary N) is 1. The number of aldehydes is 1. The highest BCUT2D eigenvalue weighted by Crippen LogP contribution is 2.45. The maximum atomic E-state index is 16.1. The fourth-order valence-electron chi connectivity index (χ4n) is 3.34. The van der Waals surface area contributed by atoms with Gasteiger partial charge in [-0.25, -0.2) is 19.0 Å². The summed E-state index contributed by atoms with van der Waals surface area (Å²) in [4.78, 5) is 23.3. The van der Waals surface area contributed by atoms with Gasteiger partial charge in [-0.2, -0.15) is 9.97 Å². The lowest BCUT2D eigenvalue weighted by atomic mass is 10.0. The molecule has 2 aromatic heterocycles. The van der Waals surface area contributed by atoms with Gasteiger partial charge >= 0.3 is 7.75 Å². The second-order valence-corrected chi connectivity index (χ2v) is 9.66. The predicted molar refractivity (Wildman–Crippen MR) is 130 cm³/mol. The third-order valence-corrected chi connectivity index (χ3v) is 6.92. The van der Waals surface area contributed by atoms with Crippen LogP contribution >= 0.6 is 7.75 Å². The largest absolute Gasteiger partial charge is 0.459 e. The van der Waals surface area contributed by atoms with Gasteiger partial charge in [-0.05, 0) is 26.0 Å². The van der Waals surface area contributed by atoms with Crippen LogP contribution in [0.25, 0.3) is 11.2 Å². The van der Waals surface area contributed by atoms with Gasteiger partial charge in [0.25, 0.3) is 0 Å². The molecular weight excluding hydrogens is 496 g/mol. The minimum atomic E-state index is -4.15. The lowest BCUT2D eigenvalue weighted by Crippen LogP contribution is -2.48. The number of rotatable bonds is 13. The van der Waals surface area contributed by atoms with Gasteiger partial charge in [0.05, 0.1) is 19.0 Å². The van der Waals surface area contributed by atoms with Crippen LogP contribution in [0.5, 0.6) is 5.75 Å². The number of carbonyl (C=O) groups excluding carboxylic acids is 1. The number of methoxy groups -OCH3 is 1. The molecular formula is C21H29FN7O6P. The standard InChI is InChI=1S/C21H29FN7O6P/c1-13(10-30)28-36(32,35-14-8-6-5-7-9-14)34-11-15(33-4)17(31)21(2,22)29-12-25-16-18(24-3)26-20(23)27-19(16)29/h5-10,12-13,15,17,31H,11H2,1-4H3,(H,28,32)(H3,23,24,26,27)/t13-,15?,17+,21-,36?/m0/s1. The molecule has 36 heavy (non-hydrogen) atoms. The van der Waals surface area contributed by atoms with Crippen molar-refractivity contribution < 1.29 is 32.6 Å². The third kappa shape index (κ3) is 5.97. The van der Waals surface area contributed by atoms with Gasteiger partial charge in [-0.3, -0.25) is 9.09 Å². The van der Waals surface area contributed by atoms with Crippen molar-refractivity contribution in [2.24, 2.45) is 0 Å². The van der Waals surface area contributed by atoms with E-state index in [1.807, 2.05) is 0 Å². The lowest BCUT2D eigenvalue weighted by molar-refractivity contribution is -0.133. The molecule has 2 heterocycles. The summed E-state index contributed by atoms with van der Waals surface area (Å²) in [5, 5.41) is 16.2. The van der Waals surface area contributed by atoms with E-state index in [2.05, 4.69) is 25.4 Å². The van der Waals surface area contributed by atoms with E-state index in [1.165, 1.54) is 14.0 Å². The Labute approximate surface area is 206 Å². The van der Waals surface area contributed by atoms with Crippen molar-refractivity contribution in [2.45, 2.75) is 37.9 Å². The molecule has 0 saturated carbocycles. The van der Waals surface area contributed by atoms with Gasteiger partial charge in [-0.15, -0.1) is 0 Å². The van der Waals surface area contributed by atoms with Crippen molar-refractivity contribution in [3.05, 3.63) is 36.7 Å². The fourth-order valence-corrected chi connectivity index (χ4v) is 4.82. The monoisotopic (exact) mass is 525 g/mol. The Morgan fingerprint density at radius 3 is 2.64 bits per heavy atom. The number of carbonyl (C=O) groups is 1. The highest BCUT2D eigenvalue weighted by molar-refractivity contribution is 7.52. The summed E-state index contributed by atoms with van der Waals surface area (Å²) < 4.78 is 46.6. The third-order valence-electron chi connectivity index (χ3n) is 5.26. The second kappa shape index (κ2) is 11.3. The molecule has 0 fully saturated rings. The Balaban J connectivity index is 1.85. The van der Waals surface area contributed by atoms with Crippen LogP contribution in [-0.4, -0.2) is 69.9 Å². The van der Waals surface area contributed by atoms with Crippen LogP contribution in [0, 0.1) is 0 Å². The van der Waals surface area contributed by atoms with E-state index in [4.69, 9.17) is 19.5 Å². The van der Waals surface area contributed by atoms with E-state index in [0.717, 1.165) is 17.8 Å². The van der Waals surface area contributed by atoms with Crippen LogP contribution in [0.3, 0.4) is 0 Å². The van der Waals surface area contributed by atoms with E-state index < -0.39 is 38.4 Å². The molecule has 0 aliphatic rings. The van der Waals surface area contributed by atoms with Gasteiger partial charge in [0, 0.05) is 14.2 Å². The fraction of sp³-hybridized carbons (Fsp3) is 0.429. The first-order chi connectivity index (χ1) is 17.0. The average Bonchev–Trinajstić information content (AvgIpc) is 3.28. The normalized spacial score (nSPS) is 17.5. The average molecular weight is 525 g/mol. The minimum absolute atomic E-state index is 0.0335. The van der Waals surface area contributed by atoms with Crippen molar-refractivity contribution in [1.82, 2.24) is 24.6 Å². The molecule has 0 amide bonds. The second-order valence-electron chi connectivity index (χ2n) is 7.96. The quantitative estimate of drug-likeness (QED) is 0.188. The SMILES string of the molecule is CNc1nc(N)nc2c1ncn2[C@](C)(F)[C@H](O)C(COP(=O)(N[C@@H](C)C=O)Oc1ccccc1)OC. The molecule has 0 radical (unpaired) electrons. The molecule has 2 unspecified atom stereocenters. The minimum Gasteiger partial charge on any atom is -0.413 e. The number of aliphatic hydroxyl groups is 1. The van der Waals surface area contributed by atoms with Crippen molar-refractivity contribution in [1.29, 1.82) is 0 Å². The molecule has 3 rings (SSSR count). The summed E-state index contributed by atoms with van der Waals surface area (Å²) >= 11 is 0. The summed E-state index contributed by atoms with van der Waals surface area (Å²) in [5.74, 6) is -2.17. The molecule has 0 saturated heterocycles. The number of alkyl halides is 1. The van der Waals surface area contributed by atoms with Crippen molar-refractivity contribution >= 4 is 37.0 Å². The highest BCUT2D eigenvalue weighted by Gasteiger charge is 2.43. The number of imidazole rings is 1. The zero-order valence-corrected chi connectivity index (χ0v) is 21.1. The van der Waals surface area contributed by atoms with E-state index in [9.17, 15) is 14.5 Å². The molecule has 0 bridgehead atoms. The Hall–Kier alpha value is -3.16. The number of hydrogen-bond donors (Lipinski definition) is 4. The summed E-state index contributed by atoms with van der Waals surface area (Å²) in [6, 6.07) is 7.25. The molecule has 13 nitrogen and oxygen atoms in total. The Bertz CT molecular complexity index is 1230. The number of para-hydroxylation sites is 1. The smallest absolute Gasteiger partial charge is 0.413 e. The van der Waals surface area contributed by atoms with Crippen molar-refractivity contribution in [3.8, 4) is 5.75 Å². The van der Waals surface area contributed by atoms with Crippen LogP contribution < -0.4 is 20.7 Å². The maximum Gasteiger partial charge on any atom is 0.459 e. The molecule has 1 aromatic carbocycles. The number of halogens is 1. The maximum absolute atomic E-state index is 16.1. The summed E-state index contributed by atoms with van der Waals surface area (Å²) in [7, 11) is -1.33. The highest BCUT2D eigenvalue weighted by atomic mass is 31.2. The molecule has 0 aliphatic heterocycles. The van der Waals surface area contributed by atoms with Crippen LogP contribution in [0.15, 0.2) is 36.7 Å². The molecule has 5 atom stereocenters. The van der Waals surface area contributed by atoms with E-state index >= 15 is 4.39 Å². The predicted octanol–water partition coefficient (Wildman–Crippen LogP) is 1.85. The summed E-state index contributed by atoms with van der Waals surface area (Å²) in [5.41, 5.74) is 6.00. The molecule has 0 aliphatic carbocycles. The number of hydrogen-bond acceptors (Lipinski definition) is 11. The number of nitrogen functional groups attached to an aromatic ring is 1.